The van der Waals surface area contributed by atoms with Gasteiger partial charge in [-0.25, -0.2) is 4.39 Å². The van der Waals surface area contributed by atoms with E-state index in [1.54, 1.807) is 17.8 Å². The molecule has 0 radical (unpaired) electrons. The molecule has 0 saturated carbocycles. The monoisotopic (exact) mass is 404 g/mol. The van der Waals surface area contributed by atoms with Crippen LogP contribution in [0.15, 0.2) is 41.3 Å². The number of hydrogen-bond acceptors (Lipinski definition) is 3. The molecule has 0 aliphatic carbocycles. The minimum absolute atomic E-state index is 0.0480. The smallest absolute Gasteiger partial charge is 0.220 e. The van der Waals surface area contributed by atoms with Crippen LogP contribution in [0.2, 0.25) is 0 Å². The molecule has 0 atom stereocenters. The molecule has 0 aromatic heterocycles. The molecule has 0 heterocycles. The Morgan fingerprint density at radius 1 is 1.04 bits per heavy atom. The van der Waals surface area contributed by atoms with Crippen molar-refractivity contribution in [3.63, 3.8) is 0 Å². The molecule has 146 valence electrons. The molecule has 0 fully saturated rings. The fourth-order valence-electron chi connectivity index (χ4n) is 2.93. The zero-order valence-electron chi connectivity index (χ0n) is 16.8. The van der Waals surface area contributed by atoms with E-state index < -0.39 is 0 Å². The first-order chi connectivity index (χ1) is 12.8. The molecular weight excluding hydrogens is 375 g/mol. The summed E-state index contributed by atoms with van der Waals surface area (Å²) in [4.78, 5) is 14.0. The van der Waals surface area contributed by atoms with Gasteiger partial charge < -0.3 is 0 Å². The quantitative estimate of drug-likeness (QED) is 0.425. The first-order valence-corrected chi connectivity index (χ1v) is 11.4. The van der Waals surface area contributed by atoms with Crippen LogP contribution >= 0.6 is 23.5 Å². The second-order valence-electron chi connectivity index (χ2n) is 7.41. The van der Waals surface area contributed by atoms with Crippen molar-refractivity contribution in [1.29, 1.82) is 0 Å². The maximum absolute atomic E-state index is 14.1. The van der Waals surface area contributed by atoms with E-state index in [1.807, 2.05) is 32.0 Å². The first-order valence-electron chi connectivity index (χ1n) is 9.58. The molecule has 27 heavy (non-hydrogen) atoms. The molecule has 4 heteroatoms. The molecule has 0 amide bonds. The van der Waals surface area contributed by atoms with Gasteiger partial charge in [-0.15, -0.1) is 11.8 Å². The zero-order chi connectivity index (χ0) is 20.0. The van der Waals surface area contributed by atoms with Crippen molar-refractivity contribution < 1.29 is 9.18 Å². The van der Waals surface area contributed by atoms with Gasteiger partial charge >= 0.3 is 0 Å². The van der Waals surface area contributed by atoms with Crippen LogP contribution in [0.4, 0.5) is 4.39 Å². The molecule has 0 spiro atoms. The molecule has 0 unspecified atom stereocenters. The van der Waals surface area contributed by atoms with E-state index in [0.29, 0.717) is 11.5 Å². The average Bonchev–Trinajstić information content (AvgIpc) is 2.60. The van der Waals surface area contributed by atoms with Gasteiger partial charge in [0.1, 0.15) is 5.82 Å². The predicted molar refractivity (Wildman–Crippen MR) is 118 cm³/mol. The van der Waals surface area contributed by atoms with Crippen molar-refractivity contribution in [3.8, 4) is 11.1 Å². The van der Waals surface area contributed by atoms with Crippen molar-refractivity contribution in [1.82, 2.24) is 0 Å². The summed E-state index contributed by atoms with van der Waals surface area (Å²) in [6.45, 7) is 10.5. The van der Waals surface area contributed by atoms with Crippen LogP contribution in [0.3, 0.4) is 0 Å². The summed E-state index contributed by atoms with van der Waals surface area (Å²) < 4.78 is 14.1. The van der Waals surface area contributed by atoms with Crippen LogP contribution in [0, 0.1) is 11.7 Å². The standard InChI is InChI=1S/C23H29FOS2/c1-6-11-26-19-9-10-20(23(25)27-16(4)5)22(14-19)21-13-18(24)8-7-17(21)12-15(2)3/h7-10,13-16H,6,11-12H2,1-5H3. The highest BCUT2D eigenvalue weighted by Crippen LogP contribution is 2.35. The molecular formula is C23H29FOS2. The molecule has 0 N–H and O–H groups in total. The molecule has 2 aromatic rings. The molecule has 2 aromatic carbocycles. The van der Waals surface area contributed by atoms with Gasteiger partial charge in [0.2, 0.25) is 5.12 Å². The van der Waals surface area contributed by atoms with E-state index in [2.05, 4.69) is 26.8 Å². The molecule has 0 aliphatic rings. The lowest BCUT2D eigenvalue weighted by atomic mass is 9.91. The average molecular weight is 405 g/mol. The Balaban J connectivity index is 2.60. The Hall–Kier alpha value is -1.26. The predicted octanol–water partition coefficient (Wildman–Crippen LogP) is 7.48. The largest absolute Gasteiger partial charge is 0.282 e. The SMILES string of the molecule is CCCSc1ccc(C(=O)SC(C)C)c(-c2cc(F)ccc2CC(C)C)c1. The third kappa shape index (κ3) is 6.39. The number of carbonyl (C=O) groups excluding carboxylic acids is 1. The summed E-state index contributed by atoms with van der Waals surface area (Å²) in [5.74, 6) is 1.21. The van der Waals surface area contributed by atoms with Gasteiger partial charge in [-0.2, -0.15) is 0 Å². The van der Waals surface area contributed by atoms with Crippen LogP contribution in [0.25, 0.3) is 11.1 Å². The van der Waals surface area contributed by atoms with E-state index in [9.17, 15) is 9.18 Å². The molecule has 0 saturated heterocycles. The van der Waals surface area contributed by atoms with E-state index in [4.69, 9.17) is 0 Å². The lowest BCUT2D eigenvalue weighted by Gasteiger charge is -2.17. The number of carbonyl (C=O) groups is 1. The van der Waals surface area contributed by atoms with Gasteiger partial charge in [0.15, 0.2) is 0 Å². The first kappa shape index (κ1) is 22.0. The minimum atomic E-state index is -0.265. The number of benzene rings is 2. The maximum atomic E-state index is 14.1. The summed E-state index contributed by atoms with van der Waals surface area (Å²) in [6.07, 6.45) is 1.94. The lowest BCUT2D eigenvalue weighted by molar-refractivity contribution is 0.108. The van der Waals surface area contributed by atoms with Crippen LogP contribution in [0.5, 0.6) is 0 Å². The van der Waals surface area contributed by atoms with Crippen molar-refractivity contribution in [3.05, 3.63) is 53.3 Å². The normalized spacial score (nSPS) is 11.4. The second-order valence-corrected chi connectivity index (χ2v) is 10.1. The minimum Gasteiger partial charge on any atom is -0.282 e. The van der Waals surface area contributed by atoms with Crippen LogP contribution in [0.1, 0.15) is 57.0 Å². The van der Waals surface area contributed by atoms with Gasteiger partial charge in [0.05, 0.1) is 0 Å². The van der Waals surface area contributed by atoms with Crippen LogP contribution in [-0.4, -0.2) is 16.1 Å². The van der Waals surface area contributed by atoms with E-state index in [1.165, 1.54) is 17.8 Å². The topological polar surface area (TPSA) is 17.1 Å². The molecule has 0 aliphatic heterocycles. The van der Waals surface area contributed by atoms with Crippen LogP contribution < -0.4 is 0 Å². The van der Waals surface area contributed by atoms with Gasteiger partial charge in [0, 0.05) is 15.7 Å². The van der Waals surface area contributed by atoms with Crippen LogP contribution in [-0.2, 0) is 6.42 Å². The number of rotatable bonds is 8. The third-order valence-electron chi connectivity index (χ3n) is 4.02. The maximum Gasteiger partial charge on any atom is 0.220 e. The van der Waals surface area contributed by atoms with Gasteiger partial charge in [0.25, 0.3) is 0 Å². The van der Waals surface area contributed by atoms with Gasteiger partial charge in [-0.3, -0.25) is 4.79 Å². The third-order valence-corrected chi connectivity index (χ3v) is 6.12. The van der Waals surface area contributed by atoms with Crippen molar-refractivity contribution in [2.45, 2.75) is 57.6 Å². The summed E-state index contributed by atoms with van der Waals surface area (Å²) in [7, 11) is 0. The summed E-state index contributed by atoms with van der Waals surface area (Å²) in [6, 6.07) is 10.9. The number of hydrogen-bond donors (Lipinski definition) is 0. The highest BCUT2D eigenvalue weighted by atomic mass is 32.2. The van der Waals surface area contributed by atoms with Crippen molar-refractivity contribution >= 4 is 28.6 Å². The fourth-order valence-corrected chi connectivity index (χ4v) is 4.47. The van der Waals surface area contributed by atoms with E-state index in [-0.39, 0.29) is 16.2 Å². The van der Waals surface area contributed by atoms with Crippen molar-refractivity contribution in [2.24, 2.45) is 5.92 Å². The Kier molecular flexibility index (Phi) is 8.43. The lowest BCUT2D eigenvalue weighted by Crippen LogP contribution is -2.04. The van der Waals surface area contributed by atoms with Crippen molar-refractivity contribution in [2.75, 3.05) is 5.75 Å². The highest BCUT2D eigenvalue weighted by molar-refractivity contribution is 8.14. The summed E-state index contributed by atoms with van der Waals surface area (Å²) in [5.41, 5.74) is 3.46. The number of halogens is 1. The molecule has 2 rings (SSSR count). The van der Waals surface area contributed by atoms with E-state index >= 15 is 0 Å². The molecule has 0 bridgehead atoms. The summed E-state index contributed by atoms with van der Waals surface area (Å²) >= 11 is 3.10. The Labute approximate surface area is 171 Å². The Morgan fingerprint density at radius 3 is 2.41 bits per heavy atom. The Morgan fingerprint density at radius 2 is 1.78 bits per heavy atom. The molecule has 1 nitrogen and oxygen atoms in total. The zero-order valence-corrected chi connectivity index (χ0v) is 18.5. The Bertz CT molecular complexity index is 784. The van der Waals surface area contributed by atoms with E-state index in [0.717, 1.165) is 40.2 Å². The second kappa shape index (κ2) is 10.3. The van der Waals surface area contributed by atoms with Gasteiger partial charge in [-0.1, -0.05) is 52.4 Å². The fraction of sp³-hybridized carbons (Fsp3) is 0.435. The summed E-state index contributed by atoms with van der Waals surface area (Å²) in [5, 5.41) is 0.258. The number of thioether (sulfide) groups is 2. The van der Waals surface area contributed by atoms with Gasteiger partial charge in [-0.05, 0) is 71.5 Å². The highest BCUT2D eigenvalue weighted by Gasteiger charge is 2.19.